The Hall–Kier alpha value is -5.25. The van der Waals surface area contributed by atoms with Crippen molar-refractivity contribution in [3.8, 4) is 5.75 Å². The number of nitrogens with two attached hydrogens (primary N) is 1. The van der Waals surface area contributed by atoms with E-state index in [1.807, 2.05) is 43.4 Å². The van der Waals surface area contributed by atoms with Crippen LogP contribution in [0.5, 0.6) is 5.75 Å². The number of nitrogen functional groups attached to an aromatic ring is 1. The molecule has 10 heteroatoms. The number of carbonyl (C=O) groups excluding carboxylic acids is 4. The van der Waals surface area contributed by atoms with E-state index in [-0.39, 0.29) is 30.2 Å². The van der Waals surface area contributed by atoms with Crippen molar-refractivity contribution >= 4 is 35.9 Å². The molecule has 1 unspecified atom stereocenters. The molecule has 1 aliphatic rings. The summed E-state index contributed by atoms with van der Waals surface area (Å²) in [5.74, 6) is -1.87. The summed E-state index contributed by atoms with van der Waals surface area (Å²) in [4.78, 5) is 51.9. The number of nitrogens with zero attached hydrogens (tertiary/aromatic N) is 1. The van der Waals surface area contributed by atoms with Crippen molar-refractivity contribution in [1.82, 2.24) is 4.90 Å². The van der Waals surface area contributed by atoms with Gasteiger partial charge in [-0.25, -0.2) is 14.5 Å². The molecule has 1 aliphatic carbocycles. The molecule has 0 spiro atoms. The molecule has 43 heavy (non-hydrogen) atoms. The molecule has 0 heterocycles. The first-order valence-electron chi connectivity index (χ1n) is 13.6. The van der Waals surface area contributed by atoms with E-state index < -0.39 is 35.9 Å². The van der Waals surface area contributed by atoms with Gasteiger partial charge in [0.1, 0.15) is 24.7 Å². The molecule has 0 saturated carbocycles. The number of ether oxygens (including phenoxy) is 3. The minimum Gasteiger partial charge on any atom is -0.463 e. The predicted octanol–water partition coefficient (Wildman–Crippen LogP) is 5.20. The average molecular weight is 586 g/mol. The molecule has 2 aromatic rings. The van der Waals surface area contributed by atoms with Gasteiger partial charge in [0.25, 0.3) is 5.91 Å². The summed E-state index contributed by atoms with van der Waals surface area (Å²) in [5.41, 5.74) is 6.45. The van der Waals surface area contributed by atoms with Gasteiger partial charge >= 0.3 is 18.0 Å². The third kappa shape index (κ3) is 9.12. The Kier molecular flexibility index (Phi) is 11.3. The van der Waals surface area contributed by atoms with Gasteiger partial charge in [0.05, 0.1) is 12.2 Å². The zero-order valence-corrected chi connectivity index (χ0v) is 24.4. The minimum absolute atomic E-state index is 0.0143. The lowest BCUT2D eigenvalue weighted by atomic mass is 9.82. The van der Waals surface area contributed by atoms with Crippen LogP contribution in [0, 0.1) is 10.8 Å². The van der Waals surface area contributed by atoms with Gasteiger partial charge in [-0.1, -0.05) is 48.6 Å². The molecule has 2 aromatic carbocycles. The van der Waals surface area contributed by atoms with E-state index in [1.165, 1.54) is 37.3 Å². The van der Waals surface area contributed by atoms with Crippen molar-refractivity contribution in [1.29, 1.82) is 5.41 Å². The molecule has 1 atom stereocenters. The number of nitrogens with one attached hydrogen (secondary N) is 1. The molecule has 3 rings (SSSR count). The number of rotatable bonds is 11. The van der Waals surface area contributed by atoms with Gasteiger partial charge in [0.15, 0.2) is 0 Å². The average Bonchev–Trinajstić information content (AvgIpc) is 3.00. The van der Waals surface area contributed by atoms with Gasteiger partial charge in [-0.15, -0.1) is 0 Å². The number of hydrogen-bond donors (Lipinski definition) is 2. The maximum atomic E-state index is 13.2. The number of allylic oxidation sites excluding steroid dienone is 4. The summed E-state index contributed by atoms with van der Waals surface area (Å²) >= 11 is 0. The number of esters is 2. The quantitative estimate of drug-likeness (QED) is 0.0913. The molecule has 10 nitrogen and oxygen atoms in total. The van der Waals surface area contributed by atoms with Crippen LogP contribution < -0.4 is 10.5 Å². The van der Waals surface area contributed by atoms with Gasteiger partial charge in [-0.2, -0.15) is 0 Å². The second-order valence-corrected chi connectivity index (χ2v) is 9.75. The first-order valence-corrected chi connectivity index (χ1v) is 13.6. The molecular formula is C33H35N3O7. The van der Waals surface area contributed by atoms with E-state index in [4.69, 9.17) is 25.4 Å². The number of benzene rings is 2. The molecule has 0 aliphatic heterocycles. The van der Waals surface area contributed by atoms with Crippen LogP contribution in [0.2, 0.25) is 0 Å². The maximum absolute atomic E-state index is 13.2. The third-order valence-corrected chi connectivity index (χ3v) is 6.44. The monoisotopic (exact) mass is 585 g/mol. The van der Waals surface area contributed by atoms with Crippen LogP contribution >= 0.6 is 0 Å². The molecule has 0 radical (unpaired) electrons. The van der Waals surface area contributed by atoms with Crippen molar-refractivity contribution in [2.75, 3.05) is 19.8 Å². The third-order valence-electron chi connectivity index (χ3n) is 6.44. The SMILES string of the molecule is CC=CC1(COC(=O)CN(C(=O)OCC)C(=O)C(C)=Cc2ccc(C(=O)Oc3ccc(C(=N)N)cc3)cc2)C=CC=CC1. The fourth-order valence-electron chi connectivity index (χ4n) is 4.21. The van der Waals surface area contributed by atoms with E-state index in [0.29, 0.717) is 28.2 Å². The second-order valence-electron chi connectivity index (χ2n) is 9.75. The van der Waals surface area contributed by atoms with Gasteiger partial charge in [-0.05, 0) is 75.2 Å². The van der Waals surface area contributed by atoms with Crippen molar-refractivity contribution in [3.05, 3.63) is 107 Å². The van der Waals surface area contributed by atoms with E-state index in [0.717, 1.165) is 0 Å². The van der Waals surface area contributed by atoms with Gasteiger partial charge in [-0.3, -0.25) is 15.0 Å². The lowest BCUT2D eigenvalue weighted by Crippen LogP contribution is -2.42. The number of amidine groups is 1. The Morgan fingerprint density at radius 2 is 1.67 bits per heavy atom. The van der Waals surface area contributed by atoms with E-state index in [2.05, 4.69) is 0 Å². The summed E-state index contributed by atoms with van der Waals surface area (Å²) in [5, 5.41) is 7.43. The lowest BCUT2D eigenvalue weighted by molar-refractivity contribution is -0.149. The van der Waals surface area contributed by atoms with Crippen LogP contribution in [0.4, 0.5) is 4.79 Å². The highest BCUT2D eigenvalue weighted by Crippen LogP contribution is 2.30. The zero-order valence-electron chi connectivity index (χ0n) is 24.4. The van der Waals surface area contributed by atoms with Crippen LogP contribution in [-0.2, 0) is 19.1 Å². The van der Waals surface area contributed by atoms with Crippen LogP contribution in [0.15, 0.2) is 90.6 Å². The fraction of sp³-hybridized carbons (Fsp3) is 0.242. The summed E-state index contributed by atoms with van der Waals surface area (Å²) in [6.07, 6.45) is 12.7. The van der Waals surface area contributed by atoms with Gasteiger partial charge < -0.3 is 19.9 Å². The number of hydrogen-bond acceptors (Lipinski definition) is 8. The van der Waals surface area contributed by atoms with E-state index >= 15 is 0 Å². The van der Waals surface area contributed by atoms with Crippen molar-refractivity contribution < 1.29 is 33.4 Å². The molecule has 0 bridgehead atoms. The van der Waals surface area contributed by atoms with E-state index in [1.54, 1.807) is 31.2 Å². The highest BCUT2D eigenvalue weighted by molar-refractivity contribution is 6.06. The first kappa shape index (κ1) is 32.3. The number of carbonyl (C=O) groups is 4. The van der Waals surface area contributed by atoms with Gasteiger partial charge in [0.2, 0.25) is 0 Å². The van der Waals surface area contributed by atoms with Crippen LogP contribution in [0.3, 0.4) is 0 Å². The Morgan fingerprint density at radius 3 is 2.26 bits per heavy atom. The molecular weight excluding hydrogens is 550 g/mol. The standard InChI is InChI=1S/C33H35N3O7/c1-4-17-33(18-7-6-8-19-33)22-42-28(37)21-36(32(40)41-5-2)30(38)23(3)20-24-9-11-26(12-10-24)31(39)43-27-15-13-25(14-16-27)29(34)35/h4,6-18,20H,5,19,21-22H2,1-3H3,(H3,34,35). The second kappa shape index (κ2) is 15.1. The zero-order chi connectivity index (χ0) is 31.4. The summed E-state index contributed by atoms with van der Waals surface area (Å²) < 4.78 is 15.9. The topological polar surface area (TPSA) is 149 Å². The number of amides is 2. The number of imide groups is 1. The van der Waals surface area contributed by atoms with Crippen LogP contribution in [0.25, 0.3) is 6.08 Å². The minimum atomic E-state index is -0.963. The predicted molar refractivity (Wildman–Crippen MR) is 162 cm³/mol. The van der Waals surface area contributed by atoms with E-state index in [9.17, 15) is 19.2 Å². The molecule has 0 saturated heterocycles. The first-order chi connectivity index (χ1) is 20.6. The van der Waals surface area contributed by atoms with Crippen molar-refractivity contribution in [3.63, 3.8) is 0 Å². The fourth-order valence-corrected chi connectivity index (χ4v) is 4.21. The Labute approximate surface area is 250 Å². The van der Waals surface area contributed by atoms with Gasteiger partial charge in [0, 0.05) is 16.6 Å². The molecule has 2 amide bonds. The smallest absolute Gasteiger partial charge is 0.417 e. The maximum Gasteiger partial charge on any atom is 0.417 e. The summed E-state index contributed by atoms with van der Waals surface area (Å²) in [6.45, 7) is 4.43. The Bertz CT molecular complexity index is 1470. The van der Waals surface area contributed by atoms with Crippen molar-refractivity contribution in [2.24, 2.45) is 11.1 Å². The highest BCUT2D eigenvalue weighted by Gasteiger charge is 2.30. The normalized spacial score (nSPS) is 16.0. The molecule has 224 valence electrons. The Morgan fingerprint density at radius 1 is 1.00 bits per heavy atom. The van der Waals surface area contributed by atoms with Crippen LogP contribution in [0.1, 0.15) is 48.7 Å². The molecule has 0 fully saturated rings. The highest BCUT2D eigenvalue weighted by atomic mass is 16.6. The largest absolute Gasteiger partial charge is 0.463 e. The van der Waals surface area contributed by atoms with Crippen molar-refractivity contribution in [2.45, 2.75) is 27.2 Å². The molecule has 3 N–H and O–H groups in total. The molecule has 0 aromatic heterocycles. The lowest BCUT2D eigenvalue weighted by Gasteiger charge is -2.28. The van der Waals surface area contributed by atoms with Crippen LogP contribution in [-0.4, -0.2) is 54.4 Å². The summed E-state index contributed by atoms with van der Waals surface area (Å²) in [6, 6.07) is 12.5. The Balaban J connectivity index is 1.67. The summed E-state index contributed by atoms with van der Waals surface area (Å²) in [7, 11) is 0.